The highest BCUT2D eigenvalue weighted by atomic mass is 16.5. The smallest absolute Gasteiger partial charge is 0.125 e. The van der Waals surface area contributed by atoms with Gasteiger partial charge in [0.05, 0.1) is 6.10 Å². The van der Waals surface area contributed by atoms with E-state index in [0.29, 0.717) is 0 Å². The normalized spacial score (nSPS) is 27.8. The summed E-state index contributed by atoms with van der Waals surface area (Å²) in [6, 6.07) is 8.02. The van der Waals surface area contributed by atoms with E-state index in [1.165, 1.54) is 5.56 Å². The zero-order valence-corrected chi connectivity index (χ0v) is 10.9. The van der Waals surface area contributed by atoms with Crippen LogP contribution >= 0.6 is 0 Å². The van der Waals surface area contributed by atoms with Crippen LogP contribution in [0.25, 0.3) is 0 Å². The maximum Gasteiger partial charge on any atom is 0.125 e. The molecule has 0 radical (unpaired) electrons. The molecule has 1 aromatic carbocycles. The number of aliphatic hydroxyl groups is 1. The topological polar surface area (TPSA) is 29.5 Å². The zero-order valence-electron chi connectivity index (χ0n) is 10.9. The fraction of sp³-hybridized carbons (Fsp3) is 0.600. The van der Waals surface area contributed by atoms with Crippen molar-refractivity contribution in [1.82, 2.24) is 0 Å². The molecule has 0 heterocycles. The Bertz CT molecular complexity index is 384. The van der Waals surface area contributed by atoms with E-state index in [1.54, 1.807) is 0 Å². The van der Waals surface area contributed by atoms with Crippen LogP contribution in [0.5, 0.6) is 5.75 Å². The summed E-state index contributed by atoms with van der Waals surface area (Å²) < 4.78 is 5.93. The number of rotatable bonds is 2. The standard InChI is InChI=1S/C15H22O2/c1-11-6-4-7-12(10-11)17-13-8-5-9-15(2,3)14(13)16/h4,6-7,10,13-14,16H,5,8-9H2,1-3H3. The van der Waals surface area contributed by atoms with Gasteiger partial charge >= 0.3 is 0 Å². The molecular weight excluding hydrogens is 212 g/mol. The maximum atomic E-state index is 10.3. The van der Waals surface area contributed by atoms with Crippen LogP contribution in [-0.4, -0.2) is 17.3 Å². The van der Waals surface area contributed by atoms with Crippen LogP contribution in [0.2, 0.25) is 0 Å². The second-order valence-electron chi connectivity index (χ2n) is 5.80. The van der Waals surface area contributed by atoms with Crippen LogP contribution in [0.3, 0.4) is 0 Å². The van der Waals surface area contributed by atoms with E-state index in [4.69, 9.17) is 4.74 Å². The lowest BCUT2D eigenvalue weighted by Gasteiger charge is -2.40. The summed E-state index contributed by atoms with van der Waals surface area (Å²) in [5.74, 6) is 0.867. The number of hydrogen-bond donors (Lipinski definition) is 1. The van der Waals surface area contributed by atoms with Gasteiger partial charge in [-0.2, -0.15) is 0 Å². The van der Waals surface area contributed by atoms with Crippen LogP contribution in [0.15, 0.2) is 24.3 Å². The number of hydrogen-bond acceptors (Lipinski definition) is 2. The van der Waals surface area contributed by atoms with Crippen molar-refractivity contribution >= 4 is 0 Å². The third kappa shape index (κ3) is 2.81. The molecule has 0 spiro atoms. The molecule has 1 aliphatic rings. The van der Waals surface area contributed by atoms with Crippen LogP contribution in [-0.2, 0) is 0 Å². The Morgan fingerprint density at radius 3 is 2.82 bits per heavy atom. The molecule has 94 valence electrons. The van der Waals surface area contributed by atoms with E-state index >= 15 is 0 Å². The van der Waals surface area contributed by atoms with Gasteiger partial charge in [-0.05, 0) is 49.3 Å². The SMILES string of the molecule is Cc1cccc(OC2CCCC(C)(C)C2O)c1. The minimum absolute atomic E-state index is 0.0350. The number of benzene rings is 1. The molecule has 2 atom stereocenters. The minimum Gasteiger partial charge on any atom is -0.488 e. The largest absolute Gasteiger partial charge is 0.488 e. The molecule has 0 aromatic heterocycles. The van der Waals surface area contributed by atoms with Gasteiger partial charge in [-0.15, -0.1) is 0 Å². The summed E-state index contributed by atoms with van der Waals surface area (Å²) in [5.41, 5.74) is 1.15. The highest BCUT2D eigenvalue weighted by molar-refractivity contribution is 5.27. The molecule has 0 aliphatic heterocycles. The molecule has 0 amide bonds. The van der Waals surface area contributed by atoms with Crippen molar-refractivity contribution in [3.05, 3.63) is 29.8 Å². The Morgan fingerprint density at radius 1 is 1.35 bits per heavy atom. The predicted octanol–water partition coefficient (Wildman–Crippen LogP) is 3.31. The van der Waals surface area contributed by atoms with E-state index in [0.717, 1.165) is 25.0 Å². The van der Waals surface area contributed by atoms with Crippen molar-refractivity contribution in [2.45, 2.75) is 52.2 Å². The molecule has 0 bridgehead atoms. The molecule has 1 aliphatic carbocycles. The fourth-order valence-corrected chi connectivity index (χ4v) is 2.55. The molecule has 2 heteroatoms. The van der Waals surface area contributed by atoms with Crippen molar-refractivity contribution in [1.29, 1.82) is 0 Å². The van der Waals surface area contributed by atoms with E-state index in [-0.39, 0.29) is 17.6 Å². The lowest BCUT2D eigenvalue weighted by atomic mass is 9.73. The monoisotopic (exact) mass is 234 g/mol. The van der Waals surface area contributed by atoms with Gasteiger partial charge < -0.3 is 9.84 Å². The summed E-state index contributed by atoms with van der Waals surface area (Å²) in [6.45, 7) is 6.28. The average Bonchev–Trinajstić information content (AvgIpc) is 2.25. The molecule has 17 heavy (non-hydrogen) atoms. The van der Waals surface area contributed by atoms with Gasteiger partial charge in [-0.25, -0.2) is 0 Å². The van der Waals surface area contributed by atoms with Gasteiger partial charge in [-0.1, -0.05) is 26.0 Å². The Morgan fingerprint density at radius 2 is 2.12 bits per heavy atom. The first-order chi connectivity index (χ1) is 7.99. The van der Waals surface area contributed by atoms with E-state index in [9.17, 15) is 5.11 Å². The minimum atomic E-state index is -0.378. The summed E-state index contributed by atoms with van der Waals surface area (Å²) >= 11 is 0. The highest BCUT2D eigenvalue weighted by Gasteiger charge is 2.38. The van der Waals surface area contributed by atoms with Crippen LogP contribution in [0.4, 0.5) is 0 Å². The van der Waals surface area contributed by atoms with Gasteiger partial charge in [0.2, 0.25) is 0 Å². The van der Waals surface area contributed by atoms with E-state index in [1.807, 2.05) is 31.2 Å². The second-order valence-corrected chi connectivity index (χ2v) is 5.80. The second kappa shape index (κ2) is 4.69. The van der Waals surface area contributed by atoms with Crippen LogP contribution in [0.1, 0.15) is 38.7 Å². The molecular formula is C15H22O2. The van der Waals surface area contributed by atoms with Crippen molar-refractivity contribution in [3.63, 3.8) is 0 Å². The molecule has 0 saturated heterocycles. The van der Waals surface area contributed by atoms with Gasteiger partial charge in [0, 0.05) is 0 Å². The summed E-state index contributed by atoms with van der Waals surface area (Å²) in [4.78, 5) is 0. The van der Waals surface area contributed by atoms with Gasteiger partial charge in [0.25, 0.3) is 0 Å². The molecule has 1 aromatic rings. The van der Waals surface area contributed by atoms with Crippen molar-refractivity contribution in [2.24, 2.45) is 5.41 Å². The Hall–Kier alpha value is -1.02. The fourth-order valence-electron chi connectivity index (χ4n) is 2.55. The predicted molar refractivity (Wildman–Crippen MR) is 69.2 cm³/mol. The van der Waals surface area contributed by atoms with Gasteiger partial charge in [-0.3, -0.25) is 0 Å². The molecule has 2 nitrogen and oxygen atoms in total. The number of aliphatic hydroxyl groups excluding tert-OH is 1. The first-order valence-corrected chi connectivity index (χ1v) is 6.40. The third-order valence-corrected chi connectivity index (χ3v) is 3.74. The lowest BCUT2D eigenvalue weighted by molar-refractivity contribution is -0.0689. The van der Waals surface area contributed by atoms with Crippen molar-refractivity contribution in [3.8, 4) is 5.75 Å². The van der Waals surface area contributed by atoms with E-state index in [2.05, 4.69) is 13.8 Å². The lowest BCUT2D eigenvalue weighted by Crippen LogP contribution is -2.46. The van der Waals surface area contributed by atoms with Crippen LogP contribution in [0, 0.1) is 12.3 Å². The first-order valence-electron chi connectivity index (χ1n) is 6.40. The van der Waals surface area contributed by atoms with E-state index < -0.39 is 0 Å². The molecule has 1 fully saturated rings. The summed E-state index contributed by atoms with van der Waals surface area (Å²) in [5, 5.41) is 10.3. The van der Waals surface area contributed by atoms with Gasteiger partial charge in [0.15, 0.2) is 0 Å². The van der Waals surface area contributed by atoms with Gasteiger partial charge in [0.1, 0.15) is 11.9 Å². The molecule has 2 unspecified atom stereocenters. The average molecular weight is 234 g/mol. The van der Waals surface area contributed by atoms with Crippen LogP contribution < -0.4 is 4.74 Å². The summed E-state index contributed by atoms with van der Waals surface area (Å²) in [6.07, 6.45) is 2.69. The highest BCUT2D eigenvalue weighted by Crippen LogP contribution is 2.37. The zero-order chi connectivity index (χ0) is 12.5. The maximum absolute atomic E-state index is 10.3. The number of aryl methyl sites for hydroxylation is 1. The number of ether oxygens (including phenoxy) is 1. The molecule has 2 rings (SSSR count). The summed E-state index contributed by atoms with van der Waals surface area (Å²) in [7, 11) is 0. The Labute approximate surface area is 104 Å². The third-order valence-electron chi connectivity index (χ3n) is 3.74. The van der Waals surface area contributed by atoms with Crippen molar-refractivity contribution in [2.75, 3.05) is 0 Å². The quantitative estimate of drug-likeness (QED) is 0.850. The Balaban J connectivity index is 2.08. The molecule has 1 saturated carbocycles. The first kappa shape index (κ1) is 12.4. The van der Waals surface area contributed by atoms with Crippen molar-refractivity contribution < 1.29 is 9.84 Å². The molecule has 1 N–H and O–H groups in total. The Kier molecular flexibility index (Phi) is 3.43.